The van der Waals surface area contributed by atoms with Crippen molar-refractivity contribution in [1.29, 1.82) is 0 Å². The largest absolute Gasteiger partial charge is 0.479 e. The first-order valence-electron chi connectivity index (χ1n) is 11.0. The highest BCUT2D eigenvalue weighted by molar-refractivity contribution is 6.01. The van der Waals surface area contributed by atoms with Crippen LogP contribution >= 0.6 is 0 Å². The van der Waals surface area contributed by atoms with Crippen molar-refractivity contribution in [3.63, 3.8) is 0 Å². The number of nitrogens with one attached hydrogen (secondary N) is 2. The van der Waals surface area contributed by atoms with E-state index >= 15 is 0 Å². The average molecular weight is 450 g/mol. The van der Waals surface area contributed by atoms with E-state index in [1.165, 1.54) is 0 Å². The molecular formula is C23H27N7O3. The van der Waals surface area contributed by atoms with Crippen LogP contribution in [0.4, 0.5) is 5.95 Å². The van der Waals surface area contributed by atoms with Crippen molar-refractivity contribution in [3.8, 4) is 17.0 Å². The molecule has 0 spiro atoms. The van der Waals surface area contributed by atoms with Gasteiger partial charge < -0.3 is 20.1 Å². The van der Waals surface area contributed by atoms with Crippen LogP contribution < -0.4 is 15.4 Å². The molecule has 1 amide bonds. The van der Waals surface area contributed by atoms with E-state index in [2.05, 4.69) is 25.8 Å². The molecule has 172 valence electrons. The van der Waals surface area contributed by atoms with Crippen LogP contribution in [0.1, 0.15) is 36.0 Å². The van der Waals surface area contributed by atoms with Crippen molar-refractivity contribution < 1.29 is 14.3 Å². The van der Waals surface area contributed by atoms with Gasteiger partial charge in [0, 0.05) is 38.2 Å². The lowest BCUT2D eigenvalue weighted by Gasteiger charge is -2.28. The molecule has 5 rings (SSSR count). The lowest BCUT2D eigenvalue weighted by Crippen LogP contribution is -2.30. The van der Waals surface area contributed by atoms with Gasteiger partial charge in [-0.25, -0.2) is 9.03 Å². The van der Waals surface area contributed by atoms with Gasteiger partial charge in [-0.2, -0.15) is 10.1 Å². The molecule has 0 aliphatic heterocycles. The van der Waals surface area contributed by atoms with Crippen LogP contribution in [0.25, 0.3) is 22.2 Å². The van der Waals surface area contributed by atoms with E-state index < -0.39 is 0 Å². The fourth-order valence-corrected chi connectivity index (χ4v) is 4.51. The van der Waals surface area contributed by atoms with Crippen LogP contribution in [-0.2, 0) is 4.74 Å². The lowest BCUT2D eigenvalue weighted by atomic mass is 9.93. The minimum absolute atomic E-state index is 0.181. The second-order valence-electron chi connectivity index (χ2n) is 8.20. The molecule has 4 aromatic rings. The Morgan fingerprint density at radius 3 is 2.64 bits per heavy atom. The first-order chi connectivity index (χ1) is 16.1. The van der Waals surface area contributed by atoms with Crippen LogP contribution in [0, 0.1) is 0 Å². The van der Waals surface area contributed by atoms with Crippen molar-refractivity contribution in [1.82, 2.24) is 29.5 Å². The molecule has 33 heavy (non-hydrogen) atoms. The maximum atomic E-state index is 12.2. The fourth-order valence-electron chi connectivity index (χ4n) is 4.51. The number of aromatic nitrogens is 5. The van der Waals surface area contributed by atoms with Gasteiger partial charge in [-0.1, -0.05) is 0 Å². The Bertz CT molecular complexity index is 1300. The van der Waals surface area contributed by atoms with Crippen LogP contribution in [-0.4, -0.2) is 63.5 Å². The van der Waals surface area contributed by atoms with Crippen LogP contribution in [0.15, 0.2) is 36.8 Å². The number of hydrogen-bond acceptors (Lipinski definition) is 7. The van der Waals surface area contributed by atoms with Gasteiger partial charge in [0.15, 0.2) is 0 Å². The summed E-state index contributed by atoms with van der Waals surface area (Å²) in [5, 5.41) is 15.1. The molecule has 0 unspecified atom stereocenters. The zero-order chi connectivity index (χ0) is 22.9. The molecular weight excluding hydrogens is 422 g/mol. The monoisotopic (exact) mass is 449 g/mol. The third-order valence-corrected chi connectivity index (χ3v) is 6.32. The minimum atomic E-state index is -0.181. The van der Waals surface area contributed by atoms with E-state index in [1.807, 2.05) is 30.6 Å². The molecule has 0 atom stereocenters. The molecule has 4 aromatic heterocycles. The fraction of sp³-hybridized carbons (Fsp3) is 0.391. The summed E-state index contributed by atoms with van der Waals surface area (Å²) in [4.78, 5) is 16.9. The first kappa shape index (κ1) is 21.2. The topological polar surface area (TPSA) is 107 Å². The predicted molar refractivity (Wildman–Crippen MR) is 124 cm³/mol. The SMILES string of the molecule is CNC(=O)c1cnn2ccc(-c3ccn4nc(NC5CCC(OC)CC5)nc(OC)c34)cc12. The number of hydrogen-bond donors (Lipinski definition) is 2. The van der Waals surface area contributed by atoms with Gasteiger partial charge in [-0.3, -0.25) is 4.79 Å². The summed E-state index contributed by atoms with van der Waals surface area (Å²) >= 11 is 0. The quantitative estimate of drug-likeness (QED) is 0.466. The Balaban J connectivity index is 1.49. The molecule has 1 fully saturated rings. The van der Waals surface area contributed by atoms with Gasteiger partial charge in [0.1, 0.15) is 5.52 Å². The summed E-state index contributed by atoms with van der Waals surface area (Å²) in [6.45, 7) is 0. The van der Waals surface area contributed by atoms with Crippen molar-refractivity contribution >= 4 is 22.9 Å². The smallest absolute Gasteiger partial charge is 0.254 e. The number of anilines is 1. The molecule has 10 heteroatoms. The summed E-state index contributed by atoms with van der Waals surface area (Å²) in [7, 11) is 4.98. The highest BCUT2D eigenvalue weighted by Crippen LogP contribution is 2.33. The van der Waals surface area contributed by atoms with Crippen LogP contribution in [0.3, 0.4) is 0 Å². The summed E-state index contributed by atoms with van der Waals surface area (Å²) in [6.07, 6.45) is 9.70. The number of pyridine rings is 1. The number of carbonyl (C=O) groups excluding carboxylic acids is 1. The van der Waals surface area contributed by atoms with Crippen molar-refractivity contribution in [2.75, 3.05) is 26.6 Å². The number of amides is 1. The van der Waals surface area contributed by atoms with Gasteiger partial charge >= 0.3 is 0 Å². The molecule has 0 radical (unpaired) electrons. The summed E-state index contributed by atoms with van der Waals surface area (Å²) in [5.74, 6) is 0.841. The van der Waals surface area contributed by atoms with E-state index in [1.54, 1.807) is 36.5 Å². The van der Waals surface area contributed by atoms with E-state index in [9.17, 15) is 4.79 Å². The van der Waals surface area contributed by atoms with Crippen molar-refractivity contribution in [2.45, 2.75) is 37.8 Å². The summed E-state index contributed by atoms with van der Waals surface area (Å²) in [6, 6.07) is 6.17. The first-order valence-corrected chi connectivity index (χ1v) is 11.0. The van der Waals surface area contributed by atoms with E-state index in [0.717, 1.165) is 47.8 Å². The highest BCUT2D eigenvalue weighted by Gasteiger charge is 2.23. The molecule has 1 saturated carbocycles. The van der Waals surface area contributed by atoms with Crippen molar-refractivity contribution in [3.05, 3.63) is 42.4 Å². The normalized spacial score (nSPS) is 18.5. The van der Waals surface area contributed by atoms with Crippen molar-refractivity contribution in [2.24, 2.45) is 0 Å². The minimum Gasteiger partial charge on any atom is -0.479 e. The van der Waals surface area contributed by atoms with E-state index in [4.69, 9.17) is 9.47 Å². The zero-order valence-corrected chi connectivity index (χ0v) is 18.9. The zero-order valence-electron chi connectivity index (χ0n) is 18.9. The Labute approximate surface area is 190 Å². The summed E-state index contributed by atoms with van der Waals surface area (Å²) < 4.78 is 14.6. The van der Waals surface area contributed by atoms with E-state index in [0.29, 0.717) is 29.5 Å². The predicted octanol–water partition coefficient (Wildman–Crippen LogP) is 2.78. The molecule has 0 aromatic carbocycles. The highest BCUT2D eigenvalue weighted by atomic mass is 16.5. The van der Waals surface area contributed by atoms with E-state index in [-0.39, 0.29) is 5.91 Å². The van der Waals surface area contributed by atoms with Gasteiger partial charge in [0.05, 0.1) is 30.5 Å². The van der Waals surface area contributed by atoms with Crippen LogP contribution in [0.5, 0.6) is 5.88 Å². The maximum absolute atomic E-state index is 12.2. The Morgan fingerprint density at radius 1 is 1.12 bits per heavy atom. The van der Waals surface area contributed by atoms with Gasteiger partial charge in [-0.15, -0.1) is 5.10 Å². The second kappa shape index (κ2) is 8.70. The maximum Gasteiger partial charge on any atom is 0.254 e. The molecule has 0 bridgehead atoms. The number of methoxy groups -OCH3 is 2. The van der Waals surface area contributed by atoms with Gasteiger partial charge in [-0.05, 0) is 49.4 Å². The van der Waals surface area contributed by atoms with Gasteiger partial charge in [0.2, 0.25) is 11.8 Å². The Morgan fingerprint density at radius 2 is 1.91 bits per heavy atom. The van der Waals surface area contributed by atoms with Crippen LogP contribution in [0.2, 0.25) is 0 Å². The number of fused-ring (bicyclic) bond motifs is 2. The standard InChI is InChI=1S/C23H27N7O3/c1-24-21(31)18-13-25-29-10-8-14(12-19(18)29)17-9-11-30-20(17)22(33-3)27-23(28-30)26-15-4-6-16(32-2)7-5-15/h8-13,15-16H,4-7H2,1-3H3,(H,24,31)(H,26,28). The molecule has 4 heterocycles. The third kappa shape index (κ3) is 3.86. The van der Waals surface area contributed by atoms with Gasteiger partial charge in [0.25, 0.3) is 5.91 Å². The lowest BCUT2D eigenvalue weighted by molar-refractivity contribution is 0.0681. The number of carbonyl (C=O) groups is 1. The molecule has 1 aliphatic rings. The average Bonchev–Trinajstić information content (AvgIpc) is 3.47. The second-order valence-corrected chi connectivity index (χ2v) is 8.20. The third-order valence-electron chi connectivity index (χ3n) is 6.32. The molecule has 2 N–H and O–H groups in total. The molecule has 1 aliphatic carbocycles. The molecule has 10 nitrogen and oxygen atoms in total. The summed E-state index contributed by atoms with van der Waals surface area (Å²) in [5.41, 5.74) is 3.81. The Kier molecular flexibility index (Phi) is 5.59. The molecule has 0 saturated heterocycles. The number of nitrogens with zero attached hydrogens (tertiary/aromatic N) is 5. The Hall–Kier alpha value is -3.66. The number of rotatable bonds is 6. The number of ether oxygens (including phenoxy) is 2.